The van der Waals surface area contributed by atoms with Crippen molar-refractivity contribution >= 4 is 5.91 Å². The summed E-state index contributed by atoms with van der Waals surface area (Å²) < 4.78 is 5.46. The van der Waals surface area contributed by atoms with E-state index in [-0.39, 0.29) is 17.4 Å². The summed E-state index contributed by atoms with van der Waals surface area (Å²) >= 11 is 0. The van der Waals surface area contributed by atoms with Crippen LogP contribution in [0, 0.1) is 0 Å². The molecule has 27 heavy (non-hydrogen) atoms. The molecule has 0 saturated heterocycles. The van der Waals surface area contributed by atoms with Crippen LogP contribution in [0.15, 0.2) is 53.1 Å². The van der Waals surface area contributed by atoms with Crippen molar-refractivity contribution in [2.45, 2.75) is 46.1 Å². The standard InChI is InChI=1S/C22H25N3O2/c1-14(2)23-20(26)17-8-6-7-9-18(17)21-24-19(25-27-21)15-10-12-16(13-11-15)22(3,4)5/h6-14H,1-5H3,(H,23,26). The molecule has 5 heteroatoms. The summed E-state index contributed by atoms with van der Waals surface area (Å²) in [7, 11) is 0. The maximum atomic E-state index is 12.5. The summed E-state index contributed by atoms with van der Waals surface area (Å²) in [4.78, 5) is 17.0. The van der Waals surface area contributed by atoms with Gasteiger partial charge in [-0.25, -0.2) is 0 Å². The van der Waals surface area contributed by atoms with Crippen molar-refractivity contribution in [1.29, 1.82) is 0 Å². The quantitative estimate of drug-likeness (QED) is 0.720. The monoisotopic (exact) mass is 363 g/mol. The fraction of sp³-hybridized carbons (Fsp3) is 0.318. The van der Waals surface area contributed by atoms with Gasteiger partial charge in [0, 0.05) is 11.6 Å². The Morgan fingerprint density at radius 3 is 2.33 bits per heavy atom. The van der Waals surface area contributed by atoms with Gasteiger partial charge in [0.2, 0.25) is 5.82 Å². The number of nitrogens with zero attached hydrogens (tertiary/aromatic N) is 2. The van der Waals surface area contributed by atoms with Crippen LogP contribution < -0.4 is 5.32 Å². The number of hydrogen-bond acceptors (Lipinski definition) is 4. The molecule has 0 radical (unpaired) electrons. The Bertz CT molecular complexity index is 935. The lowest BCUT2D eigenvalue weighted by molar-refractivity contribution is 0.0943. The number of benzene rings is 2. The van der Waals surface area contributed by atoms with Crippen molar-refractivity contribution in [2.75, 3.05) is 0 Å². The van der Waals surface area contributed by atoms with E-state index in [2.05, 4.69) is 48.4 Å². The summed E-state index contributed by atoms with van der Waals surface area (Å²) in [6.45, 7) is 10.4. The molecule has 0 unspecified atom stereocenters. The Kier molecular flexibility index (Phi) is 5.13. The van der Waals surface area contributed by atoms with Gasteiger partial charge in [0.15, 0.2) is 0 Å². The molecule has 5 nitrogen and oxygen atoms in total. The van der Waals surface area contributed by atoms with Crippen molar-refractivity contribution in [3.63, 3.8) is 0 Å². The molecule has 0 bridgehead atoms. The predicted octanol–water partition coefficient (Wildman–Crippen LogP) is 4.84. The molecule has 0 fully saturated rings. The first-order valence-corrected chi connectivity index (χ1v) is 9.10. The molecule has 140 valence electrons. The molecule has 2 aromatic carbocycles. The number of rotatable bonds is 4. The lowest BCUT2D eigenvalue weighted by Crippen LogP contribution is -2.30. The average Bonchev–Trinajstić information content (AvgIpc) is 3.10. The summed E-state index contributed by atoms with van der Waals surface area (Å²) in [6, 6.07) is 15.4. The number of carbonyl (C=O) groups excluding carboxylic acids is 1. The minimum Gasteiger partial charge on any atom is -0.350 e. The Balaban J connectivity index is 1.92. The second-order valence-corrected chi connectivity index (χ2v) is 7.92. The molecule has 0 atom stereocenters. The van der Waals surface area contributed by atoms with Crippen LogP contribution in [0.1, 0.15) is 50.5 Å². The van der Waals surface area contributed by atoms with Gasteiger partial charge in [-0.3, -0.25) is 4.79 Å². The fourth-order valence-corrected chi connectivity index (χ4v) is 2.78. The van der Waals surface area contributed by atoms with Crippen LogP contribution in [0.2, 0.25) is 0 Å². The second kappa shape index (κ2) is 7.35. The number of aromatic nitrogens is 2. The van der Waals surface area contributed by atoms with E-state index in [0.29, 0.717) is 22.8 Å². The zero-order chi connectivity index (χ0) is 19.6. The van der Waals surface area contributed by atoms with Gasteiger partial charge >= 0.3 is 0 Å². The second-order valence-electron chi connectivity index (χ2n) is 7.92. The highest BCUT2D eigenvalue weighted by atomic mass is 16.5. The highest BCUT2D eigenvalue weighted by molar-refractivity contribution is 6.00. The third kappa shape index (κ3) is 4.25. The first kappa shape index (κ1) is 18.8. The average molecular weight is 363 g/mol. The minimum atomic E-state index is -0.158. The fourth-order valence-electron chi connectivity index (χ4n) is 2.78. The van der Waals surface area contributed by atoms with Crippen LogP contribution in [0.4, 0.5) is 0 Å². The molecular formula is C22H25N3O2. The van der Waals surface area contributed by atoms with Crippen molar-refractivity contribution < 1.29 is 9.32 Å². The number of carbonyl (C=O) groups is 1. The molecule has 1 amide bonds. The maximum absolute atomic E-state index is 12.5. The third-order valence-corrected chi connectivity index (χ3v) is 4.26. The van der Waals surface area contributed by atoms with E-state index in [9.17, 15) is 4.79 Å². The Hall–Kier alpha value is -2.95. The van der Waals surface area contributed by atoms with Crippen LogP contribution in [-0.4, -0.2) is 22.1 Å². The number of nitrogens with one attached hydrogen (secondary N) is 1. The molecule has 0 aliphatic heterocycles. The predicted molar refractivity (Wildman–Crippen MR) is 106 cm³/mol. The largest absolute Gasteiger partial charge is 0.350 e. The molecule has 0 spiro atoms. The van der Waals surface area contributed by atoms with Crippen molar-refractivity contribution in [3.8, 4) is 22.8 Å². The number of hydrogen-bond donors (Lipinski definition) is 1. The lowest BCUT2D eigenvalue weighted by atomic mass is 9.87. The first-order valence-electron chi connectivity index (χ1n) is 9.10. The Morgan fingerprint density at radius 2 is 1.70 bits per heavy atom. The number of amides is 1. The van der Waals surface area contributed by atoms with Gasteiger partial charge < -0.3 is 9.84 Å². The van der Waals surface area contributed by atoms with Crippen LogP contribution in [0.25, 0.3) is 22.8 Å². The smallest absolute Gasteiger partial charge is 0.259 e. The maximum Gasteiger partial charge on any atom is 0.259 e. The molecule has 0 aliphatic carbocycles. The van der Waals surface area contributed by atoms with Gasteiger partial charge in [-0.05, 0) is 37.0 Å². The molecule has 3 rings (SSSR count). The summed E-state index contributed by atoms with van der Waals surface area (Å²) in [5, 5.41) is 7.00. The third-order valence-electron chi connectivity index (χ3n) is 4.26. The van der Waals surface area contributed by atoms with E-state index >= 15 is 0 Å². The summed E-state index contributed by atoms with van der Waals surface area (Å²) in [6.07, 6.45) is 0. The van der Waals surface area contributed by atoms with Crippen LogP contribution in [-0.2, 0) is 5.41 Å². The normalized spacial score (nSPS) is 11.6. The van der Waals surface area contributed by atoms with Gasteiger partial charge in [-0.2, -0.15) is 4.98 Å². The van der Waals surface area contributed by atoms with E-state index in [1.165, 1.54) is 5.56 Å². The minimum absolute atomic E-state index is 0.0464. The van der Waals surface area contributed by atoms with Gasteiger partial charge in [-0.1, -0.05) is 62.3 Å². The Morgan fingerprint density at radius 1 is 1.04 bits per heavy atom. The van der Waals surface area contributed by atoms with Gasteiger partial charge in [-0.15, -0.1) is 0 Å². The highest BCUT2D eigenvalue weighted by Gasteiger charge is 2.19. The van der Waals surface area contributed by atoms with Crippen LogP contribution >= 0.6 is 0 Å². The molecule has 1 heterocycles. The lowest BCUT2D eigenvalue weighted by Gasteiger charge is -2.18. The zero-order valence-corrected chi connectivity index (χ0v) is 16.4. The van der Waals surface area contributed by atoms with Gasteiger partial charge in [0.1, 0.15) is 0 Å². The summed E-state index contributed by atoms with van der Waals surface area (Å²) in [5.41, 5.74) is 3.35. The topological polar surface area (TPSA) is 68.0 Å². The molecule has 1 N–H and O–H groups in total. The summed E-state index contributed by atoms with van der Waals surface area (Å²) in [5.74, 6) is 0.679. The van der Waals surface area contributed by atoms with Gasteiger partial charge in [0.25, 0.3) is 11.8 Å². The van der Waals surface area contributed by atoms with Crippen molar-refractivity contribution in [1.82, 2.24) is 15.5 Å². The van der Waals surface area contributed by atoms with E-state index in [4.69, 9.17) is 4.52 Å². The molecular weight excluding hydrogens is 338 g/mol. The van der Waals surface area contributed by atoms with Crippen LogP contribution in [0.3, 0.4) is 0 Å². The van der Waals surface area contributed by atoms with Gasteiger partial charge in [0.05, 0.1) is 11.1 Å². The van der Waals surface area contributed by atoms with E-state index in [1.807, 2.05) is 44.2 Å². The van der Waals surface area contributed by atoms with E-state index in [0.717, 1.165) is 5.56 Å². The zero-order valence-electron chi connectivity index (χ0n) is 16.4. The molecule has 3 aromatic rings. The molecule has 0 saturated carbocycles. The molecule has 0 aliphatic rings. The van der Waals surface area contributed by atoms with E-state index in [1.54, 1.807) is 6.07 Å². The van der Waals surface area contributed by atoms with Crippen LogP contribution in [0.5, 0.6) is 0 Å². The highest BCUT2D eigenvalue weighted by Crippen LogP contribution is 2.27. The SMILES string of the molecule is CC(C)NC(=O)c1ccccc1-c1nc(-c2ccc(C(C)(C)C)cc2)no1. The Labute approximate surface area is 159 Å². The van der Waals surface area contributed by atoms with Crippen molar-refractivity contribution in [3.05, 3.63) is 59.7 Å². The van der Waals surface area contributed by atoms with Crippen molar-refractivity contribution in [2.24, 2.45) is 0 Å². The molecule has 1 aromatic heterocycles. The first-order chi connectivity index (χ1) is 12.8. The van der Waals surface area contributed by atoms with E-state index < -0.39 is 0 Å².